The maximum absolute atomic E-state index is 9.92. The van der Waals surface area contributed by atoms with Gasteiger partial charge in [0.2, 0.25) is 0 Å². The molecule has 8 aromatic carbocycles. The van der Waals surface area contributed by atoms with Crippen molar-refractivity contribution in [2.24, 2.45) is 0 Å². The van der Waals surface area contributed by atoms with Gasteiger partial charge in [-0.2, -0.15) is 21.0 Å². The molecule has 0 amide bonds. The highest BCUT2D eigenvalue weighted by molar-refractivity contribution is 7.21. The van der Waals surface area contributed by atoms with Gasteiger partial charge in [0.05, 0.1) is 78.8 Å². The van der Waals surface area contributed by atoms with Gasteiger partial charge in [-0.05, 0) is 162 Å². The summed E-state index contributed by atoms with van der Waals surface area (Å²) in [6.45, 7) is 0. The lowest BCUT2D eigenvalue weighted by atomic mass is 9.94. The lowest BCUT2D eigenvalue weighted by Crippen LogP contribution is -1.94. The molecule has 0 aliphatic heterocycles. The molecule has 0 unspecified atom stereocenters. The lowest BCUT2D eigenvalue weighted by Gasteiger charge is -2.12. The van der Waals surface area contributed by atoms with E-state index in [1.807, 2.05) is 103 Å². The fraction of sp³-hybridized carbons (Fsp3) is 0. The fourth-order valence-electron chi connectivity index (χ4n) is 8.55. The van der Waals surface area contributed by atoms with E-state index >= 15 is 0 Å². The summed E-state index contributed by atoms with van der Waals surface area (Å²) in [6.07, 6.45) is 0. The zero-order valence-electron chi connectivity index (χ0n) is 32.1. The number of rotatable bonds is 5. The molecule has 3 aromatic heterocycles. The summed E-state index contributed by atoms with van der Waals surface area (Å²) in [5.41, 5.74) is 14.1. The van der Waals surface area contributed by atoms with Crippen molar-refractivity contribution in [2.45, 2.75) is 0 Å². The predicted octanol–water partition coefficient (Wildman–Crippen LogP) is 13.0. The van der Waals surface area contributed by atoms with Crippen molar-refractivity contribution in [3.63, 3.8) is 0 Å². The number of hydrogen-bond acceptors (Lipinski definition) is 6. The van der Waals surface area contributed by atoms with Crippen LogP contribution in [0.4, 0.5) is 0 Å². The van der Waals surface area contributed by atoms with Crippen LogP contribution in [0.15, 0.2) is 164 Å². The number of fused-ring (bicyclic) bond motifs is 7. The number of hydrogen-bond donors (Lipinski definition) is 0. The van der Waals surface area contributed by atoms with Gasteiger partial charge >= 0.3 is 0 Å². The second-order valence-electron chi connectivity index (χ2n) is 14.9. The molecule has 0 atom stereocenters. The summed E-state index contributed by atoms with van der Waals surface area (Å²) in [7, 11) is 0. The van der Waals surface area contributed by atoms with Crippen LogP contribution >= 0.6 is 11.3 Å². The Morgan fingerprint density at radius 1 is 0.377 bits per heavy atom. The summed E-state index contributed by atoms with van der Waals surface area (Å²) >= 11 is 1.66. The Kier molecular flexibility index (Phi) is 8.09. The molecule has 280 valence electrons. The molecule has 0 saturated carbocycles. The molecule has 0 fully saturated rings. The van der Waals surface area contributed by atoms with E-state index in [0.29, 0.717) is 22.3 Å². The first-order valence-corrected chi connectivity index (χ1v) is 20.3. The van der Waals surface area contributed by atoms with Gasteiger partial charge in [-0.25, -0.2) is 4.98 Å². The first-order valence-electron chi connectivity index (χ1n) is 19.5. The molecule has 0 N–H and O–H groups in total. The average molecular weight is 794 g/mol. The summed E-state index contributed by atoms with van der Waals surface area (Å²) in [5.74, 6) is 0. The SMILES string of the molecule is N#Cc1ccc(-n2c3ccc(C#N)cc3c3cc(-c4cc(-c5ccc6c(c5)c5cc(C#N)ccc5n6-c5ccc(C#N)cc5)cc(-c5nc6ccccc6s5)c4)ccc32)cc1. The number of nitriles is 4. The van der Waals surface area contributed by atoms with Crippen LogP contribution in [0.2, 0.25) is 0 Å². The minimum atomic E-state index is 0.578. The third-order valence-electron chi connectivity index (χ3n) is 11.4. The van der Waals surface area contributed by atoms with E-state index in [9.17, 15) is 21.0 Å². The summed E-state index contributed by atoms with van der Waals surface area (Å²) in [4.78, 5) is 5.08. The van der Waals surface area contributed by atoms with Crippen molar-refractivity contribution in [1.82, 2.24) is 14.1 Å². The highest BCUT2D eigenvalue weighted by atomic mass is 32.1. The third-order valence-corrected chi connectivity index (χ3v) is 12.5. The standard InChI is InChI=1S/C53H27N7S/c54-28-32-5-13-41(14-6-32)59-48-17-9-34(30-56)21-43(48)45-26-36(11-19-50(45)59)38-23-39(25-40(24-38)53-58-47-3-1-2-4-52(47)61-53)37-12-20-51-46(27-37)44-22-35(31-57)10-18-49(44)60(51)42-15-7-33(29-55)8-16-42/h1-27H. The minimum Gasteiger partial charge on any atom is -0.309 e. The Labute approximate surface area is 353 Å². The molecule has 61 heavy (non-hydrogen) atoms. The van der Waals surface area contributed by atoms with Crippen LogP contribution in [0.25, 0.3) is 98.0 Å². The Hall–Kier alpha value is -8.79. The number of thiazole rings is 1. The molecule has 3 heterocycles. The van der Waals surface area contributed by atoms with Gasteiger partial charge in [0, 0.05) is 38.5 Å². The normalized spacial score (nSPS) is 11.2. The molecule has 0 aliphatic carbocycles. The Balaban J connectivity index is 1.13. The van der Waals surface area contributed by atoms with E-state index in [-0.39, 0.29) is 0 Å². The van der Waals surface area contributed by atoms with Gasteiger partial charge in [0.1, 0.15) is 5.01 Å². The number of nitrogens with zero attached hydrogens (tertiary/aromatic N) is 7. The molecular weight excluding hydrogens is 767 g/mol. The average Bonchev–Trinajstić information content (AvgIpc) is 4.01. The number of aromatic nitrogens is 3. The van der Waals surface area contributed by atoms with Crippen LogP contribution in [0, 0.1) is 45.3 Å². The molecule has 11 rings (SSSR count). The highest BCUT2D eigenvalue weighted by Gasteiger charge is 2.18. The van der Waals surface area contributed by atoms with Crippen molar-refractivity contribution in [2.75, 3.05) is 0 Å². The van der Waals surface area contributed by atoms with Crippen molar-refractivity contribution in [1.29, 1.82) is 21.0 Å². The molecule has 11 aromatic rings. The Morgan fingerprint density at radius 3 is 1.25 bits per heavy atom. The Bertz CT molecular complexity index is 3560. The van der Waals surface area contributed by atoms with Gasteiger partial charge in [0.25, 0.3) is 0 Å². The molecule has 7 nitrogen and oxygen atoms in total. The maximum atomic E-state index is 9.92. The van der Waals surface area contributed by atoms with Gasteiger partial charge in [-0.3, -0.25) is 0 Å². The maximum Gasteiger partial charge on any atom is 0.124 e. The molecule has 8 heteroatoms. The van der Waals surface area contributed by atoms with Crippen LogP contribution in [-0.2, 0) is 0 Å². The molecule has 0 bridgehead atoms. The van der Waals surface area contributed by atoms with Crippen molar-refractivity contribution < 1.29 is 0 Å². The van der Waals surface area contributed by atoms with Crippen LogP contribution in [0.5, 0.6) is 0 Å². The quantitative estimate of drug-likeness (QED) is 0.172. The lowest BCUT2D eigenvalue weighted by molar-refractivity contribution is 1.18. The largest absolute Gasteiger partial charge is 0.309 e. The Morgan fingerprint density at radius 2 is 0.787 bits per heavy atom. The van der Waals surface area contributed by atoms with Crippen LogP contribution in [0.3, 0.4) is 0 Å². The first-order chi connectivity index (χ1) is 30.0. The fourth-order valence-corrected chi connectivity index (χ4v) is 9.50. The van der Waals surface area contributed by atoms with E-state index < -0.39 is 0 Å². The van der Waals surface area contributed by atoms with Crippen molar-refractivity contribution in [3.8, 4) is 68.5 Å². The third kappa shape index (κ3) is 5.80. The van der Waals surface area contributed by atoms with Crippen LogP contribution < -0.4 is 0 Å². The number of para-hydroxylation sites is 1. The van der Waals surface area contributed by atoms with Gasteiger partial charge in [-0.1, -0.05) is 24.3 Å². The monoisotopic (exact) mass is 793 g/mol. The van der Waals surface area contributed by atoms with Crippen molar-refractivity contribution in [3.05, 3.63) is 186 Å². The van der Waals surface area contributed by atoms with E-state index in [1.54, 1.807) is 11.3 Å². The second kappa shape index (κ2) is 13.9. The molecule has 0 spiro atoms. The topological polar surface area (TPSA) is 118 Å². The van der Waals surface area contributed by atoms with Crippen LogP contribution in [-0.4, -0.2) is 14.1 Å². The smallest absolute Gasteiger partial charge is 0.124 e. The van der Waals surface area contributed by atoms with E-state index in [4.69, 9.17) is 4.98 Å². The van der Waals surface area contributed by atoms with Crippen molar-refractivity contribution >= 4 is 65.2 Å². The highest BCUT2D eigenvalue weighted by Crippen LogP contribution is 2.41. The summed E-state index contributed by atoms with van der Waals surface area (Å²) < 4.78 is 5.47. The summed E-state index contributed by atoms with van der Waals surface area (Å²) in [5, 5.41) is 43.7. The molecule has 0 radical (unpaired) electrons. The first kappa shape index (κ1) is 35.4. The summed E-state index contributed by atoms with van der Waals surface area (Å²) in [6, 6.07) is 63.6. The molecule has 0 aliphatic rings. The number of benzene rings is 8. The van der Waals surface area contributed by atoms with E-state index in [1.165, 1.54) is 0 Å². The van der Waals surface area contributed by atoms with Gasteiger partial charge in [0.15, 0.2) is 0 Å². The minimum absolute atomic E-state index is 0.578. The van der Waals surface area contributed by atoms with Gasteiger partial charge < -0.3 is 9.13 Å². The zero-order valence-corrected chi connectivity index (χ0v) is 32.9. The predicted molar refractivity (Wildman–Crippen MR) is 243 cm³/mol. The van der Waals surface area contributed by atoms with Crippen LogP contribution in [0.1, 0.15) is 22.3 Å². The van der Waals surface area contributed by atoms with E-state index in [0.717, 1.165) is 98.0 Å². The zero-order chi connectivity index (χ0) is 41.2. The molecule has 0 saturated heterocycles. The molecular formula is C53H27N7S. The van der Waals surface area contributed by atoms with Gasteiger partial charge in [-0.15, -0.1) is 11.3 Å². The second-order valence-corrected chi connectivity index (χ2v) is 16.0. The van der Waals surface area contributed by atoms with E-state index in [2.05, 4.69) is 94.1 Å².